The molecule has 2 amide bonds. The molecule has 1 aliphatic rings. The minimum absolute atomic E-state index is 0.152. The standard InChI is InChI=1S/C22H30N4O2S/c1-17-24-20(16-29-17)14-22(28)26-12-5-6-18(15-26)8-9-21(27)25(2)13-10-19-7-3-4-11-23-19/h3-4,7,11,16,18H,5-6,8-10,12-15H2,1-2H3/t18-/m0/s1. The van der Waals surface area contributed by atoms with Gasteiger partial charge in [-0.25, -0.2) is 4.98 Å². The summed E-state index contributed by atoms with van der Waals surface area (Å²) in [5, 5.41) is 2.96. The summed E-state index contributed by atoms with van der Waals surface area (Å²) in [6, 6.07) is 5.85. The van der Waals surface area contributed by atoms with Crippen LogP contribution in [0.2, 0.25) is 0 Å². The van der Waals surface area contributed by atoms with Gasteiger partial charge in [-0.15, -0.1) is 11.3 Å². The first-order valence-corrected chi connectivity index (χ1v) is 11.2. The predicted octanol–water partition coefficient (Wildman–Crippen LogP) is 3.11. The third-order valence-corrected chi connectivity index (χ3v) is 6.31. The van der Waals surface area contributed by atoms with Gasteiger partial charge in [-0.1, -0.05) is 6.07 Å². The van der Waals surface area contributed by atoms with E-state index in [2.05, 4.69) is 9.97 Å². The molecule has 156 valence electrons. The topological polar surface area (TPSA) is 66.4 Å². The van der Waals surface area contributed by atoms with E-state index in [4.69, 9.17) is 0 Å². The van der Waals surface area contributed by atoms with Crippen LogP contribution in [0.5, 0.6) is 0 Å². The first kappa shape index (κ1) is 21.4. The Morgan fingerprint density at radius 1 is 1.31 bits per heavy atom. The maximum atomic E-state index is 12.6. The molecule has 1 aliphatic heterocycles. The fraction of sp³-hybridized carbons (Fsp3) is 0.545. The number of thiazole rings is 1. The highest BCUT2D eigenvalue weighted by molar-refractivity contribution is 7.09. The van der Waals surface area contributed by atoms with E-state index in [1.54, 1.807) is 22.4 Å². The number of carbonyl (C=O) groups excluding carboxylic acids is 2. The summed E-state index contributed by atoms with van der Waals surface area (Å²) in [6.07, 6.45) is 6.41. The number of hydrogen-bond acceptors (Lipinski definition) is 5. The summed E-state index contributed by atoms with van der Waals surface area (Å²) >= 11 is 1.58. The molecule has 2 aromatic rings. The second-order valence-electron chi connectivity index (χ2n) is 7.81. The highest BCUT2D eigenvalue weighted by Gasteiger charge is 2.25. The van der Waals surface area contributed by atoms with Crippen LogP contribution in [0, 0.1) is 12.8 Å². The molecule has 0 aromatic carbocycles. The molecule has 0 bridgehead atoms. The van der Waals surface area contributed by atoms with E-state index in [0.717, 1.165) is 55.2 Å². The minimum Gasteiger partial charge on any atom is -0.345 e. The molecule has 7 heteroatoms. The number of rotatable bonds is 8. The Labute approximate surface area is 177 Å². The summed E-state index contributed by atoms with van der Waals surface area (Å²) in [5.74, 6) is 0.721. The Morgan fingerprint density at radius 2 is 2.17 bits per heavy atom. The summed E-state index contributed by atoms with van der Waals surface area (Å²) < 4.78 is 0. The van der Waals surface area contributed by atoms with E-state index in [9.17, 15) is 9.59 Å². The van der Waals surface area contributed by atoms with Crippen molar-refractivity contribution in [3.8, 4) is 0 Å². The first-order valence-electron chi connectivity index (χ1n) is 10.3. The zero-order valence-corrected chi connectivity index (χ0v) is 18.2. The van der Waals surface area contributed by atoms with E-state index in [0.29, 0.717) is 25.3 Å². The van der Waals surface area contributed by atoms with Crippen LogP contribution in [0.1, 0.15) is 42.1 Å². The highest BCUT2D eigenvalue weighted by atomic mass is 32.1. The molecule has 3 rings (SSSR count). The molecule has 2 aromatic heterocycles. The Balaban J connectivity index is 1.40. The van der Waals surface area contributed by atoms with Gasteiger partial charge >= 0.3 is 0 Å². The van der Waals surface area contributed by atoms with Gasteiger partial charge in [-0.2, -0.15) is 0 Å². The fourth-order valence-corrected chi connectivity index (χ4v) is 4.37. The lowest BCUT2D eigenvalue weighted by atomic mass is 9.93. The van der Waals surface area contributed by atoms with Gasteiger partial charge < -0.3 is 9.80 Å². The summed E-state index contributed by atoms with van der Waals surface area (Å²) in [4.78, 5) is 37.5. The van der Waals surface area contributed by atoms with Gasteiger partial charge in [-0.05, 0) is 44.2 Å². The van der Waals surface area contributed by atoms with Crippen molar-refractivity contribution in [1.29, 1.82) is 0 Å². The Bertz CT molecular complexity index is 808. The van der Waals surface area contributed by atoms with Crippen molar-refractivity contribution in [1.82, 2.24) is 19.8 Å². The third kappa shape index (κ3) is 6.63. The number of aryl methyl sites for hydroxylation is 1. The first-order chi connectivity index (χ1) is 14.0. The van der Waals surface area contributed by atoms with E-state index in [1.807, 2.05) is 42.5 Å². The van der Waals surface area contributed by atoms with Crippen molar-refractivity contribution in [3.63, 3.8) is 0 Å². The van der Waals surface area contributed by atoms with Gasteiger partial charge in [-0.3, -0.25) is 14.6 Å². The number of aromatic nitrogens is 2. The minimum atomic E-state index is 0.152. The van der Waals surface area contributed by atoms with Crippen LogP contribution in [0.4, 0.5) is 0 Å². The number of likely N-dealkylation sites (N-methyl/N-ethyl adjacent to an activating group) is 1. The van der Waals surface area contributed by atoms with Crippen LogP contribution < -0.4 is 0 Å². The van der Waals surface area contributed by atoms with E-state index in [1.165, 1.54) is 0 Å². The maximum Gasteiger partial charge on any atom is 0.228 e. The van der Waals surface area contributed by atoms with E-state index >= 15 is 0 Å². The molecule has 1 fully saturated rings. The number of carbonyl (C=O) groups is 2. The van der Waals surface area contributed by atoms with Gasteiger partial charge in [0.2, 0.25) is 11.8 Å². The zero-order chi connectivity index (χ0) is 20.6. The van der Waals surface area contributed by atoms with Crippen LogP contribution in [0.25, 0.3) is 0 Å². The lowest BCUT2D eigenvalue weighted by Gasteiger charge is -2.33. The van der Waals surface area contributed by atoms with Gasteiger partial charge in [0.1, 0.15) is 0 Å². The number of pyridine rings is 1. The smallest absolute Gasteiger partial charge is 0.228 e. The van der Waals surface area contributed by atoms with Crippen LogP contribution in [0.3, 0.4) is 0 Å². The summed E-state index contributed by atoms with van der Waals surface area (Å²) in [7, 11) is 1.86. The van der Waals surface area contributed by atoms with Crippen molar-refractivity contribution < 1.29 is 9.59 Å². The number of likely N-dealkylation sites (tertiary alicyclic amines) is 1. The van der Waals surface area contributed by atoms with Gasteiger partial charge in [0, 0.05) is 56.8 Å². The molecule has 0 aliphatic carbocycles. The van der Waals surface area contributed by atoms with E-state index < -0.39 is 0 Å². The monoisotopic (exact) mass is 414 g/mol. The molecular weight excluding hydrogens is 384 g/mol. The Morgan fingerprint density at radius 3 is 2.90 bits per heavy atom. The molecule has 0 spiro atoms. The van der Waals surface area contributed by atoms with E-state index in [-0.39, 0.29) is 11.8 Å². The largest absolute Gasteiger partial charge is 0.345 e. The summed E-state index contributed by atoms with van der Waals surface area (Å²) in [5.41, 5.74) is 1.87. The molecule has 29 heavy (non-hydrogen) atoms. The highest BCUT2D eigenvalue weighted by Crippen LogP contribution is 2.22. The number of piperidine rings is 1. The molecule has 3 heterocycles. The zero-order valence-electron chi connectivity index (χ0n) is 17.3. The van der Waals surface area contributed by atoms with Crippen molar-refractivity contribution in [2.75, 3.05) is 26.7 Å². The molecular formula is C22H30N4O2S. The molecule has 1 atom stereocenters. The van der Waals surface area contributed by atoms with Crippen LogP contribution >= 0.6 is 11.3 Å². The molecule has 1 saturated heterocycles. The van der Waals surface area contributed by atoms with Crippen molar-refractivity contribution >= 4 is 23.2 Å². The van der Waals surface area contributed by atoms with Crippen LogP contribution in [0.15, 0.2) is 29.8 Å². The Kier molecular flexibility index (Phi) is 7.75. The van der Waals surface area contributed by atoms with Gasteiger partial charge in [0.15, 0.2) is 0 Å². The second-order valence-corrected chi connectivity index (χ2v) is 8.87. The number of nitrogens with zero attached hydrogens (tertiary/aromatic N) is 4. The lowest BCUT2D eigenvalue weighted by Crippen LogP contribution is -2.41. The second kappa shape index (κ2) is 10.5. The number of hydrogen-bond donors (Lipinski definition) is 0. The van der Waals surface area contributed by atoms with Crippen molar-refractivity contribution in [2.45, 2.75) is 45.4 Å². The Hall–Kier alpha value is -2.28. The van der Waals surface area contributed by atoms with Crippen LogP contribution in [-0.4, -0.2) is 58.3 Å². The average molecular weight is 415 g/mol. The average Bonchev–Trinajstić information content (AvgIpc) is 3.15. The quantitative estimate of drug-likeness (QED) is 0.666. The molecule has 6 nitrogen and oxygen atoms in total. The fourth-order valence-electron chi connectivity index (χ4n) is 3.75. The molecule has 0 N–H and O–H groups in total. The SMILES string of the molecule is Cc1nc(CC(=O)N2CCC[C@@H](CCC(=O)N(C)CCc3ccccn3)C2)cs1. The third-order valence-electron chi connectivity index (χ3n) is 5.49. The summed E-state index contributed by atoms with van der Waals surface area (Å²) in [6.45, 7) is 4.21. The van der Waals surface area contributed by atoms with Crippen LogP contribution in [-0.2, 0) is 22.4 Å². The molecule has 0 unspecified atom stereocenters. The van der Waals surface area contributed by atoms with Gasteiger partial charge in [0.25, 0.3) is 0 Å². The van der Waals surface area contributed by atoms with Gasteiger partial charge in [0.05, 0.1) is 17.1 Å². The molecule has 0 saturated carbocycles. The lowest BCUT2D eigenvalue weighted by molar-refractivity contribution is -0.132. The van der Waals surface area contributed by atoms with Crippen molar-refractivity contribution in [3.05, 3.63) is 46.2 Å². The maximum absolute atomic E-state index is 12.6. The predicted molar refractivity (Wildman–Crippen MR) is 115 cm³/mol. The van der Waals surface area contributed by atoms with Crippen molar-refractivity contribution in [2.24, 2.45) is 5.92 Å². The normalized spacial score (nSPS) is 16.6. The number of amides is 2. The molecule has 0 radical (unpaired) electrons.